The summed E-state index contributed by atoms with van der Waals surface area (Å²) in [6.45, 7) is 5.63. The molecule has 2 aromatic rings. The van der Waals surface area contributed by atoms with Gasteiger partial charge in [-0.3, -0.25) is 0 Å². The van der Waals surface area contributed by atoms with Gasteiger partial charge in [0.2, 0.25) is 0 Å². The fourth-order valence-electron chi connectivity index (χ4n) is 1.72. The van der Waals surface area contributed by atoms with Gasteiger partial charge in [-0.25, -0.2) is 14.4 Å². The van der Waals surface area contributed by atoms with E-state index in [1.165, 1.54) is 11.8 Å². The molecule has 0 aliphatic rings. The molecule has 1 aromatic carbocycles. The molecule has 0 bridgehead atoms. The smallest absolute Gasteiger partial charge is 0.192 e. The maximum atomic E-state index is 14.0. The molecule has 0 amide bonds. The van der Waals surface area contributed by atoms with Crippen molar-refractivity contribution in [3.05, 3.63) is 47.5 Å². The van der Waals surface area contributed by atoms with Crippen molar-refractivity contribution < 1.29 is 4.39 Å². The largest absolute Gasteiger partial charge is 0.313 e. The van der Waals surface area contributed by atoms with Crippen molar-refractivity contribution in [1.29, 1.82) is 0 Å². The van der Waals surface area contributed by atoms with Gasteiger partial charge in [-0.05, 0) is 55.4 Å². The fourth-order valence-corrected chi connectivity index (χ4v) is 2.51. The van der Waals surface area contributed by atoms with E-state index in [0.717, 1.165) is 24.2 Å². The molecule has 0 saturated carbocycles. The molecule has 0 aliphatic carbocycles. The minimum atomic E-state index is -0.226. The second-order valence-corrected chi connectivity index (χ2v) is 5.53. The lowest BCUT2D eigenvalue weighted by atomic mass is 10.2. The summed E-state index contributed by atoms with van der Waals surface area (Å²) in [5.41, 5.74) is 1.83. The first-order chi connectivity index (χ1) is 9.69. The van der Waals surface area contributed by atoms with E-state index in [0.29, 0.717) is 16.6 Å². The lowest BCUT2D eigenvalue weighted by molar-refractivity contribution is 0.594. The molecule has 0 atom stereocenters. The van der Waals surface area contributed by atoms with Crippen molar-refractivity contribution in [2.24, 2.45) is 0 Å². The molecule has 1 heterocycles. The van der Waals surface area contributed by atoms with Crippen LogP contribution in [0.25, 0.3) is 0 Å². The minimum absolute atomic E-state index is 0.226. The zero-order chi connectivity index (χ0) is 14.4. The Hall–Kier alpha value is -1.46. The van der Waals surface area contributed by atoms with E-state index in [-0.39, 0.29) is 5.82 Å². The van der Waals surface area contributed by atoms with Crippen LogP contribution in [0.4, 0.5) is 4.39 Å². The third-order valence-electron chi connectivity index (χ3n) is 2.73. The number of hydrogen-bond acceptors (Lipinski definition) is 4. The van der Waals surface area contributed by atoms with Gasteiger partial charge in [0.05, 0.1) is 4.90 Å². The van der Waals surface area contributed by atoms with Gasteiger partial charge in [0.15, 0.2) is 5.16 Å². The Bertz CT molecular complexity index is 575. The second-order valence-electron chi connectivity index (χ2n) is 4.52. The molecule has 0 radical (unpaired) electrons. The highest BCUT2D eigenvalue weighted by atomic mass is 32.2. The van der Waals surface area contributed by atoms with Crippen molar-refractivity contribution >= 4 is 11.8 Å². The molecule has 1 N–H and O–H groups in total. The molecule has 0 saturated heterocycles. The van der Waals surface area contributed by atoms with E-state index < -0.39 is 0 Å². The molecule has 0 fully saturated rings. The number of rotatable bonds is 6. The maximum Gasteiger partial charge on any atom is 0.192 e. The molecule has 0 aliphatic heterocycles. The van der Waals surface area contributed by atoms with Crippen LogP contribution in [-0.4, -0.2) is 16.5 Å². The van der Waals surface area contributed by atoms with Crippen molar-refractivity contribution in [2.45, 2.75) is 36.9 Å². The first-order valence-electron chi connectivity index (χ1n) is 6.65. The first-order valence-corrected chi connectivity index (χ1v) is 7.47. The summed E-state index contributed by atoms with van der Waals surface area (Å²) in [6, 6.07) is 7.11. The van der Waals surface area contributed by atoms with Crippen molar-refractivity contribution in [2.75, 3.05) is 6.54 Å². The van der Waals surface area contributed by atoms with Crippen LogP contribution in [0, 0.1) is 12.7 Å². The van der Waals surface area contributed by atoms with Crippen LogP contribution < -0.4 is 5.32 Å². The lowest BCUT2D eigenvalue weighted by Crippen LogP contribution is -2.13. The van der Waals surface area contributed by atoms with Gasteiger partial charge in [0.1, 0.15) is 5.82 Å². The van der Waals surface area contributed by atoms with E-state index in [1.807, 2.05) is 19.1 Å². The normalized spacial score (nSPS) is 10.8. The minimum Gasteiger partial charge on any atom is -0.313 e. The van der Waals surface area contributed by atoms with Crippen LogP contribution in [0.5, 0.6) is 0 Å². The maximum absolute atomic E-state index is 14.0. The average molecular weight is 291 g/mol. The number of benzene rings is 1. The first kappa shape index (κ1) is 14.9. The Morgan fingerprint density at radius 3 is 2.85 bits per heavy atom. The molecular weight excluding hydrogens is 273 g/mol. The molecule has 106 valence electrons. The van der Waals surface area contributed by atoms with Gasteiger partial charge in [0, 0.05) is 18.4 Å². The lowest BCUT2D eigenvalue weighted by Gasteiger charge is -2.06. The van der Waals surface area contributed by atoms with E-state index in [9.17, 15) is 4.39 Å². The summed E-state index contributed by atoms with van der Waals surface area (Å²) >= 11 is 1.25. The topological polar surface area (TPSA) is 37.8 Å². The van der Waals surface area contributed by atoms with Crippen molar-refractivity contribution in [1.82, 2.24) is 15.3 Å². The van der Waals surface area contributed by atoms with Crippen LogP contribution in [0.1, 0.15) is 24.6 Å². The molecule has 5 heteroatoms. The van der Waals surface area contributed by atoms with Crippen LogP contribution in [0.3, 0.4) is 0 Å². The van der Waals surface area contributed by atoms with E-state index in [4.69, 9.17) is 0 Å². The summed E-state index contributed by atoms with van der Waals surface area (Å²) in [4.78, 5) is 8.95. The highest BCUT2D eigenvalue weighted by molar-refractivity contribution is 7.99. The molecule has 20 heavy (non-hydrogen) atoms. The van der Waals surface area contributed by atoms with Crippen LogP contribution in [-0.2, 0) is 6.54 Å². The number of nitrogens with one attached hydrogen (secondary N) is 1. The average Bonchev–Trinajstić information content (AvgIpc) is 2.42. The summed E-state index contributed by atoms with van der Waals surface area (Å²) in [7, 11) is 0. The SMILES string of the molecule is CCCNCc1ccc(Sc2nccc(C)n2)c(F)c1. The quantitative estimate of drug-likeness (QED) is 0.652. The molecule has 3 nitrogen and oxygen atoms in total. The van der Waals surface area contributed by atoms with Gasteiger partial charge in [0.25, 0.3) is 0 Å². The number of hydrogen-bond donors (Lipinski definition) is 1. The van der Waals surface area contributed by atoms with Gasteiger partial charge >= 0.3 is 0 Å². The number of halogens is 1. The molecule has 1 aromatic heterocycles. The predicted molar refractivity (Wildman–Crippen MR) is 79.3 cm³/mol. The Morgan fingerprint density at radius 1 is 1.30 bits per heavy atom. The van der Waals surface area contributed by atoms with E-state index in [2.05, 4.69) is 22.2 Å². The highest BCUT2D eigenvalue weighted by Crippen LogP contribution is 2.27. The van der Waals surface area contributed by atoms with Crippen LogP contribution in [0.15, 0.2) is 40.5 Å². The monoisotopic (exact) mass is 291 g/mol. The third-order valence-corrected chi connectivity index (χ3v) is 3.66. The molecule has 0 spiro atoms. The van der Waals surface area contributed by atoms with Gasteiger partial charge in [-0.1, -0.05) is 13.0 Å². The standard InChI is InChI=1S/C15H18FN3S/c1-3-7-17-10-12-4-5-14(13(16)9-12)20-15-18-8-6-11(2)19-15/h4-6,8-9,17H,3,7,10H2,1-2H3. The Kier molecular flexibility index (Phi) is 5.49. The number of aromatic nitrogens is 2. The van der Waals surface area contributed by atoms with Crippen molar-refractivity contribution in [3.8, 4) is 0 Å². The molecule has 2 rings (SSSR count). The Labute approximate surface area is 123 Å². The van der Waals surface area contributed by atoms with Gasteiger partial charge in [-0.2, -0.15) is 0 Å². The number of aryl methyl sites for hydroxylation is 1. The van der Waals surface area contributed by atoms with Gasteiger partial charge < -0.3 is 5.32 Å². The second kappa shape index (κ2) is 7.36. The molecular formula is C15H18FN3S. The zero-order valence-corrected chi connectivity index (χ0v) is 12.5. The van der Waals surface area contributed by atoms with Crippen LogP contribution >= 0.6 is 11.8 Å². The summed E-state index contributed by atoms with van der Waals surface area (Å²) < 4.78 is 14.0. The summed E-state index contributed by atoms with van der Waals surface area (Å²) in [5.74, 6) is -0.226. The van der Waals surface area contributed by atoms with Crippen molar-refractivity contribution in [3.63, 3.8) is 0 Å². The van der Waals surface area contributed by atoms with E-state index in [1.54, 1.807) is 18.3 Å². The van der Waals surface area contributed by atoms with Gasteiger partial charge in [-0.15, -0.1) is 0 Å². The fraction of sp³-hybridized carbons (Fsp3) is 0.333. The Morgan fingerprint density at radius 2 is 2.15 bits per heavy atom. The summed E-state index contributed by atoms with van der Waals surface area (Å²) in [5, 5.41) is 3.83. The Balaban J connectivity index is 2.06. The molecule has 0 unspecified atom stereocenters. The predicted octanol–water partition coefficient (Wildman–Crippen LogP) is 3.57. The highest BCUT2D eigenvalue weighted by Gasteiger charge is 2.07. The zero-order valence-electron chi connectivity index (χ0n) is 11.7. The van der Waals surface area contributed by atoms with E-state index >= 15 is 0 Å². The number of nitrogens with zero attached hydrogens (tertiary/aromatic N) is 2. The summed E-state index contributed by atoms with van der Waals surface area (Å²) in [6.07, 6.45) is 2.76. The van der Waals surface area contributed by atoms with Crippen LogP contribution in [0.2, 0.25) is 0 Å². The third kappa shape index (κ3) is 4.28.